The van der Waals surface area contributed by atoms with Gasteiger partial charge in [0.05, 0.1) is 11.4 Å². The van der Waals surface area contributed by atoms with Gasteiger partial charge in [-0.05, 0) is 32.4 Å². The molecule has 1 amide bonds. The Morgan fingerprint density at radius 2 is 2.06 bits per heavy atom. The maximum Gasteiger partial charge on any atom is 0.221 e. The van der Waals surface area contributed by atoms with Crippen LogP contribution in [-0.2, 0) is 4.79 Å². The van der Waals surface area contributed by atoms with Crippen molar-refractivity contribution in [2.75, 3.05) is 17.2 Å². The first-order valence-corrected chi connectivity index (χ1v) is 5.32. The van der Waals surface area contributed by atoms with Crippen molar-refractivity contribution in [2.45, 2.75) is 27.7 Å². The molecule has 16 heavy (non-hydrogen) atoms. The standard InChI is InChI=1S/C12H18N2O2/c1-5-13-10-6-7(2)11(14-9(4)15)8(3)12(10)16/h6,13,16H,5H2,1-4H3,(H,14,15). The summed E-state index contributed by atoms with van der Waals surface area (Å²) in [6.07, 6.45) is 0. The highest BCUT2D eigenvalue weighted by molar-refractivity contribution is 5.92. The van der Waals surface area contributed by atoms with Gasteiger partial charge in [0.15, 0.2) is 0 Å². The first-order chi connectivity index (χ1) is 7.47. The van der Waals surface area contributed by atoms with Crippen LogP contribution in [0.15, 0.2) is 6.07 Å². The number of phenolic OH excluding ortho intramolecular Hbond substituents is 1. The van der Waals surface area contributed by atoms with Gasteiger partial charge in [-0.3, -0.25) is 4.79 Å². The number of phenols is 1. The minimum atomic E-state index is -0.137. The van der Waals surface area contributed by atoms with Crippen LogP contribution in [0.5, 0.6) is 5.75 Å². The van der Waals surface area contributed by atoms with E-state index in [1.807, 2.05) is 19.9 Å². The van der Waals surface area contributed by atoms with Crippen molar-refractivity contribution in [1.29, 1.82) is 0 Å². The number of amides is 1. The fraction of sp³-hybridized carbons (Fsp3) is 0.417. The van der Waals surface area contributed by atoms with Crippen molar-refractivity contribution >= 4 is 17.3 Å². The molecule has 0 radical (unpaired) electrons. The normalized spacial score (nSPS) is 10.0. The maximum atomic E-state index is 11.0. The molecule has 1 rings (SSSR count). The van der Waals surface area contributed by atoms with Gasteiger partial charge in [0.25, 0.3) is 0 Å². The van der Waals surface area contributed by atoms with E-state index in [2.05, 4.69) is 10.6 Å². The van der Waals surface area contributed by atoms with E-state index in [1.165, 1.54) is 6.92 Å². The number of anilines is 2. The van der Waals surface area contributed by atoms with E-state index in [1.54, 1.807) is 6.92 Å². The molecule has 0 saturated heterocycles. The largest absolute Gasteiger partial charge is 0.505 e. The number of aromatic hydroxyl groups is 1. The number of benzene rings is 1. The van der Waals surface area contributed by atoms with Crippen molar-refractivity contribution in [2.24, 2.45) is 0 Å². The molecule has 0 aliphatic carbocycles. The number of hydrogen-bond donors (Lipinski definition) is 3. The number of rotatable bonds is 3. The van der Waals surface area contributed by atoms with Crippen LogP contribution in [0, 0.1) is 13.8 Å². The average molecular weight is 222 g/mol. The second-order valence-corrected chi connectivity index (χ2v) is 3.80. The predicted octanol–water partition coefficient (Wildman–Crippen LogP) is 2.40. The third-order valence-electron chi connectivity index (χ3n) is 2.41. The summed E-state index contributed by atoms with van der Waals surface area (Å²) >= 11 is 0. The third-order valence-corrected chi connectivity index (χ3v) is 2.41. The molecule has 0 aromatic heterocycles. The zero-order valence-corrected chi connectivity index (χ0v) is 10.1. The zero-order valence-electron chi connectivity index (χ0n) is 10.1. The van der Waals surface area contributed by atoms with Crippen molar-refractivity contribution in [3.63, 3.8) is 0 Å². The van der Waals surface area contributed by atoms with Gasteiger partial charge in [-0.15, -0.1) is 0 Å². The van der Waals surface area contributed by atoms with E-state index in [0.717, 1.165) is 12.1 Å². The molecule has 3 N–H and O–H groups in total. The molecular weight excluding hydrogens is 204 g/mol. The van der Waals surface area contributed by atoms with Gasteiger partial charge >= 0.3 is 0 Å². The van der Waals surface area contributed by atoms with Crippen molar-refractivity contribution < 1.29 is 9.90 Å². The molecule has 1 aromatic carbocycles. The van der Waals surface area contributed by atoms with Crippen LogP contribution in [0.1, 0.15) is 25.0 Å². The quantitative estimate of drug-likeness (QED) is 0.688. The zero-order chi connectivity index (χ0) is 12.3. The van der Waals surface area contributed by atoms with E-state index in [-0.39, 0.29) is 11.7 Å². The smallest absolute Gasteiger partial charge is 0.221 e. The average Bonchev–Trinajstić information content (AvgIpc) is 2.21. The van der Waals surface area contributed by atoms with E-state index < -0.39 is 0 Å². The van der Waals surface area contributed by atoms with Gasteiger partial charge in [0.1, 0.15) is 5.75 Å². The van der Waals surface area contributed by atoms with Gasteiger partial charge in [0.2, 0.25) is 5.91 Å². The monoisotopic (exact) mass is 222 g/mol. The Bertz CT molecular complexity index is 414. The van der Waals surface area contributed by atoms with Crippen LogP contribution in [0.4, 0.5) is 11.4 Å². The highest BCUT2D eigenvalue weighted by atomic mass is 16.3. The molecule has 0 fully saturated rings. The summed E-state index contributed by atoms with van der Waals surface area (Å²) in [5.74, 6) is 0.0537. The summed E-state index contributed by atoms with van der Waals surface area (Å²) in [6.45, 7) is 7.85. The second kappa shape index (κ2) is 4.88. The van der Waals surface area contributed by atoms with Crippen molar-refractivity contribution in [3.05, 3.63) is 17.2 Å². The molecule has 0 unspecified atom stereocenters. The van der Waals surface area contributed by atoms with E-state index in [9.17, 15) is 9.90 Å². The summed E-state index contributed by atoms with van der Waals surface area (Å²) in [6, 6.07) is 1.83. The Morgan fingerprint density at radius 1 is 1.44 bits per heavy atom. The number of nitrogens with one attached hydrogen (secondary N) is 2. The lowest BCUT2D eigenvalue weighted by Gasteiger charge is -2.16. The Kier molecular flexibility index (Phi) is 3.77. The highest BCUT2D eigenvalue weighted by Gasteiger charge is 2.12. The number of carbonyl (C=O) groups excluding carboxylic acids is 1. The fourth-order valence-corrected chi connectivity index (χ4v) is 1.67. The number of carbonyl (C=O) groups is 1. The number of aryl methyl sites for hydroxylation is 1. The SMILES string of the molecule is CCNc1cc(C)c(NC(C)=O)c(C)c1O. The van der Waals surface area contributed by atoms with Crippen LogP contribution in [0.3, 0.4) is 0 Å². The van der Waals surface area contributed by atoms with Gasteiger partial charge in [0, 0.05) is 19.0 Å². The fourth-order valence-electron chi connectivity index (χ4n) is 1.67. The maximum absolute atomic E-state index is 11.0. The van der Waals surface area contributed by atoms with Gasteiger partial charge in [-0.1, -0.05) is 0 Å². The molecule has 0 atom stereocenters. The first-order valence-electron chi connectivity index (χ1n) is 5.32. The topological polar surface area (TPSA) is 61.4 Å². The minimum Gasteiger partial charge on any atom is -0.505 e. The van der Waals surface area contributed by atoms with Crippen molar-refractivity contribution in [3.8, 4) is 5.75 Å². The number of hydrogen-bond acceptors (Lipinski definition) is 3. The van der Waals surface area contributed by atoms with E-state index in [4.69, 9.17) is 0 Å². The summed E-state index contributed by atoms with van der Waals surface area (Å²) < 4.78 is 0. The molecule has 0 aliphatic rings. The van der Waals surface area contributed by atoms with Crippen LogP contribution >= 0.6 is 0 Å². The van der Waals surface area contributed by atoms with Crippen LogP contribution in [0.2, 0.25) is 0 Å². The van der Waals surface area contributed by atoms with E-state index in [0.29, 0.717) is 16.9 Å². The molecule has 0 aliphatic heterocycles. The third kappa shape index (κ3) is 2.45. The van der Waals surface area contributed by atoms with E-state index >= 15 is 0 Å². The highest BCUT2D eigenvalue weighted by Crippen LogP contribution is 2.35. The lowest BCUT2D eigenvalue weighted by atomic mass is 10.1. The molecule has 0 saturated carbocycles. The molecule has 0 heterocycles. The summed E-state index contributed by atoms with van der Waals surface area (Å²) in [4.78, 5) is 11.0. The van der Waals surface area contributed by atoms with Gasteiger partial charge in [-0.25, -0.2) is 0 Å². The second-order valence-electron chi connectivity index (χ2n) is 3.80. The van der Waals surface area contributed by atoms with Crippen LogP contribution in [0.25, 0.3) is 0 Å². The molecule has 0 bridgehead atoms. The molecule has 1 aromatic rings. The van der Waals surface area contributed by atoms with Crippen LogP contribution < -0.4 is 10.6 Å². The van der Waals surface area contributed by atoms with Gasteiger partial charge < -0.3 is 15.7 Å². The molecule has 4 heteroatoms. The Balaban J connectivity index is 3.22. The molecular formula is C12H18N2O2. The van der Waals surface area contributed by atoms with Crippen LogP contribution in [-0.4, -0.2) is 17.6 Å². The lowest BCUT2D eigenvalue weighted by molar-refractivity contribution is -0.114. The lowest BCUT2D eigenvalue weighted by Crippen LogP contribution is -2.09. The summed E-state index contributed by atoms with van der Waals surface area (Å²) in [7, 11) is 0. The minimum absolute atomic E-state index is 0.137. The Morgan fingerprint density at radius 3 is 2.56 bits per heavy atom. The molecule has 88 valence electrons. The first kappa shape index (κ1) is 12.4. The summed E-state index contributed by atoms with van der Waals surface area (Å²) in [5, 5.41) is 15.7. The molecule has 4 nitrogen and oxygen atoms in total. The Labute approximate surface area is 95.7 Å². The summed E-state index contributed by atoms with van der Waals surface area (Å²) in [5.41, 5.74) is 3.01. The van der Waals surface area contributed by atoms with Gasteiger partial charge in [-0.2, -0.15) is 0 Å². The van der Waals surface area contributed by atoms with Crippen molar-refractivity contribution in [1.82, 2.24) is 0 Å². The predicted molar refractivity (Wildman–Crippen MR) is 66.0 cm³/mol. The molecule has 0 spiro atoms. The Hall–Kier alpha value is -1.71.